The van der Waals surface area contributed by atoms with Crippen LogP contribution in [0.15, 0.2) is 40.3 Å². The van der Waals surface area contributed by atoms with Crippen molar-refractivity contribution in [1.82, 2.24) is 9.55 Å². The summed E-state index contributed by atoms with van der Waals surface area (Å²) in [5, 5.41) is 1.69. The summed E-state index contributed by atoms with van der Waals surface area (Å²) >= 11 is 3.38. The Bertz CT molecular complexity index is 1100. The molecule has 0 radical (unpaired) electrons. The summed E-state index contributed by atoms with van der Waals surface area (Å²) in [5.41, 5.74) is 2.28. The summed E-state index contributed by atoms with van der Waals surface area (Å²) in [7, 11) is 0. The van der Waals surface area contributed by atoms with Gasteiger partial charge in [0.1, 0.15) is 4.83 Å². The van der Waals surface area contributed by atoms with E-state index < -0.39 is 0 Å². The van der Waals surface area contributed by atoms with Crippen LogP contribution in [0.4, 0.5) is 0 Å². The van der Waals surface area contributed by atoms with Gasteiger partial charge in [-0.1, -0.05) is 74.7 Å². The first-order valence-electron chi connectivity index (χ1n) is 11.8. The Morgan fingerprint density at radius 3 is 2.72 bits per heavy atom. The minimum Gasteiger partial charge on any atom is -0.370 e. The summed E-state index contributed by atoms with van der Waals surface area (Å²) in [5.74, 6) is 1.01. The van der Waals surface area contributed by atoms with Crippen molar-refractivity contribution in [2.24, 2.45) is 0 Å². The lowest BCUT2D eigenvalue weighted by molar-refractivity contribution is -0.0379. The molecule has 6 heteroatoms. The molecule has 1 aliphatic rings. The predicted octanol–water partition coefficient (Wildman–Crippen LogP) is 6.61. The van der Waals surface area contributed by atoms with Gasteiger partial charge in [0.05, 0.1) is 17.6 Å². The molecule has 32 heavy (non-hydrogen) atoms. The number of unbranched alkanes of at least 4 members (excludes halogenated alkanes) is 4. The van der Waals surface area contributed by atoms with Gasteiger partial charge in [0, 0.05) is 23.6 Å². The van der Waals surface area contributed by atoms with Crippen LogP contribution in [0.2, 0.25) is 0 Å². The first-order valence-corrected chi connectivity index (χ1v) is 13.6. The zero-order chi connectivity index (χ0) is 22.6. The molecule has 0 spiro atoms. The third kappa shape index (κ3) is 5.46. The summed E-state index contributed by atoms with van der Waals surface area (Å²) in [4.78, 5) is 20.8. The molecule has 0 unspecified atom stereocenters. The number of nitrogens with zero attached hydrogens (tertiary/aromatic N) is 2. The van der Waals surface area contributed by atoms with Crippen LogP contribution in [-0.4, -0.2) is 20.9 Å². The molecule has 0 atom stereocenters. The number of hydrogen-bond donors (Lipinski definition) is 0. The van der Waals surface area contributed by atoms with Crippen LogP contribution in [0, 0.1) is 0 Å². The number of thioether (sulfide) groups is 1. The Balaban J connectivity index is 1.64. The van der Waals surface area contributed by atoms with Gasteiger partial charge in [0.25, 0.3) is 5.56 Å². The van der Waals surface area contributed by atoms with E-state index in [2.05, 4.69) is 45.0 Å². The van der Waals surface area contributed by atoms with E-state index in [0.29, 0.717) is 13.2 Å². The quantitative estimate of drug-likeness (QED) is 0.190. The van der Waals surface area contributed by atoms with Gasteiger partial charge in [-0.15, -0.1) is 11.3 Å². The topological polar surface area (TPSA) is 44.1 Å². The molecule has 0 bridgehead atoms. The van der Waals surface area contributed by atoms with Crippen LogP contribution < -0.4 is 5.56 Å². The number of aryl methyl sites for hydroxylation is 1. The van der Waals surface area contributed by atoms with E-state index in [9.17, 15) is 4.79 Å². The fourth-order valence-corrected chi connectivity index (χ4v) is 6.44. The van der Waals surface area contributed by atoms with Crippen molar-refractivity contribution < 1.29 is 4.74 Å². The van der Waals surface area contributed by atoms with Crippen LogP contribution in [0.5, 0.6) is 0 Å². The van der Waals surface area contributed by atoms with Crippen molar-refractivity contribution >= 4 is 33.3 Å². The Kier molecular flexibility index (Phi) is 7.74. The van der Waals surface area contributed by atoms with Gasteiger partial charge in [-0.25, -0.2) is 4.98 Å². The second-order valence-corrected chi connectivity index (χ2v) is 11.4. The molecule has 3 aromatic rings. The molecule has 0 saturated carbocycles. The van der Waals surface area contributed by atoms with Crippen molar-refractivity contribution in [3.8, 4) is 0 Å². The van der Waals surface area contributed by atoms with Gasteiger partial charge < -0.3 is 4.74 Å². The lowest BCUT2D eigenvalue weighted by Gasteiger charge is -2.29. The van der Waals surface area contributed by atoms with Crippen LogP contribution >= 0.6 is 23.1 Å². The number of fused-ring (bicyclic) bond motifs is 3. The third-order valence-electron chi connectivity index (χ3n) is 6.10. The highest BCUT2D eigenvalue weighted by Crippen LogP contribution is 2.37. The average Bonchev–Trinajstić information content (AvgIpc) is 3.13. The highest BCUT2D eigenvalue weighted by atomic mass is 32.2. The standard InChI is InChI=1S/C26H34N2O2S2/c1-4-5-6-7-11-16-31-25-27-23-22(20-17-26(2,3)30-18-21(20)32-23)24(29)28(25)15-14-19-12-9-8-10-13-19/h8-10,12-13H,4-7,11,14-18H2,1-3H3. The molecular weight excluding hydrogens is 436 g/mol. The number of rotatable bonds is 10. The van der Waals surface area contributed by atoms with Crippen molar-refractivity contribution in [1.29, 1.82) is 0 Å². The largest absolute Gasteiger partial charge is 0.370 e. The van der Waals surface area contributed by atoms with Crippen LogP contribution in [0.25, 0.3) is 10.2 Å². The van der Waals surface area contributed by atoms with Gasteiger partial charge in [0.2, 0.25) is 0 Å². The van der Waals surface area contributed by atoms with E-state index in [1.807, 2.05) is 10.6 Å². The van der Waals surface area contributed by atoms with Gasteiger partial charge >= 0.3 is 0 Å². The third-order valence-corrected chi connectivity index (χ3v) is 8.26. The number of thiophene rings is 1. The summed E-state index contributed by atoms with van der Waals surface area (Å²) in [6.45, 7) is 7.68. The molecule has 172 valence electrons. The highest BCUT2D eigenvalue weighted by Gasteiger charge is 2.31. The maximum absolute atomic E-state index is 13.8. The van der Waals surface area contributed by atoms with Crippen molar-refractivity contribution in [2.45, 2.75) is 89.6 Å². The fraction of sp³-hybridized carbons (Fsp3) is 0.538. The molecule has 2 aromatic heterocycles. The molecule has 0 amide bonds. The maximum Gasteiger partial charge on any atom is 0.263 e. The average molecular weight is 471 g/mol. The molecule has 3 heterocycles. The van der Waals surface area contributed by atoms with Gasteiger partial charge in [-0.3, -0.25) is 9.36 Å². The molecule has 4 nitrogen and oxygen atoms in total. The highest BCUT2D eigenvalue weighted by molar-refractivity contribution is 7.99. The van der Waals surface area contributed by atoms with Crippen LogP contribution in [0.1, 0.15) is 68.9 Å². The number of hydrogen-bond acceptors (Lipinski definition) is 5. The summed E-state index contributed by atoms with van der Waals surface area (Å²) < 4.78 is 7.94. The van der Waals surface area contributed by atoms with Crippen molar-refractivity contribution in [3.05, 3.63) is 56.7 Å². The lowest BCUT2D eigenvalue weighted by atomic mass is 9.94. The Hall–Kier alpha value is -1.63. The minimum atomic E-state index is -0.242. The summed E-state index contributed by atoms with van der Waals surface area (Å²) in [6.07, 6.45) is 7.86. The maximum atomic E-state index is 13.8. The lowest BCUT2D eigenvalue weighted by Crippen LogP contribution is -2.32. The smallest absolute Gasteiger partial charge is 0.263 e. The Morgan fingerprint density at radius 2 is 1.94 bits per heavy atom. The molecular formula is C26H34N2O2S2. The fourth-order valence-electron chi connectivity index (χ4n) is 4.27. The molecule has 1 aromatic carbocycles. The molecule has 0 saturated heterocycles. The second-order valence-electron chi connectivity index (χ2n) is 9.26. The predicted molar refractivity (Wildman–Crippen MR) is 136 cm³/mol. The van der Waals surface area contributed by atoms with Crippen molar-refractivity contribution in [3.63, 3.8) is 0 Å². The molecule has 0 aliphatic carbocycles. The zero-order valence-electron chi connectivity index (χ0n) is 19.5. The second kappa shape index (κ2) is 10.5. The molecule has 0 fully saturated rings. The SMILES string of the molecule is CCCCCCCSc1nc2sc3c(c2c(=O)n1CCc1ccccc1)CC(C)(C)OC3. The molecule has 4 rings (SSSR count). The van der Waals surface area contributed by atoms with Crippen molar-refractivity contribution in [2.75, 3.05) is 5.75 Å². The summed E-state index contributed by atoms with van der Waals surface area (Å²) in [6, 6.07) is 10.4. The Labute approximate surface area is 199 Å². The molecule has 0 N–H and O–H groups in total. The van der Waals surface area contributed by atoms with Gasteiger partial charge in [0.15, 0.2) is 5.16 Å². The molecule has 1 aliphatic heterocycles. The Morgan fingerprint density at radius 1 is 1.16 bits per heavy atom. The van der Waals surface area contributed by atoms with Gasteiger partial charge in [-0.2, -0.15) is 0 Å². The minimum absolute atomic E-state index is 0.120. The first kappa shape index (κ1) is 23.5. The van der Waals surface area contributed by atoms with Crippen LogP contribution in [-0.2, 0) is 30.7 Å². The van der Waals surface area contributed by atoms with E-state index in [1.165, 1.54) is 42.5 Å². The monoisotopic (exact) mass is 470 g/mol. The van der Waals surface area contributed by atoms with Crippen LogP contribution in [0.3, 0.4) is 0 Å². The van der Waals surface area contributed by atoms with E-state index in [1.54, 1.807) is 23.1 Å². The first-order chi connectivity index (χ1) is 15.5. The van der Waals surface area contributed by atoms with E-state index >= 15 is 0 Å². The number of benzene rings is 1. The van der Waals surface area contributed by atoms with Gasteiger partial charge in [-0.05, 0) is 37.8 Å². The number of ether oxygens (including phenoxy) is 1. The normalized spacial score (nSPS) is 15.2. The van der Waals surface area contributed by atoms with E-state index in [0.717, 1.165) is 39.5 Å². The zero-order valence-corrected chi connectivity index (χ0v) is 21.1. The van der Waals surface area contributed by atoms with E-state index in [-0.39, 0.29) is 11.2 Å². The van der Waals surface area contributed by atoms with E-state index in [4.69, 9.17) is 9.72 Å². The number of aromatic nitrogens is 2.